The maximum absolute atomic E-state index is 13.1. The molecule has 2 amide bonds. The average Bonchev–Trinajstić information content (AvgIpc) is 3.31. The summed E-state index contributed by atoms with van der Waals surface area (Å²) in [6.07, 6.45) is 1.84. The Balaban J connectivity index is 1.33. The van der Waals surface area contributed by atoms with Crippen molar-refractivity contribution < 1.29 is 14.3 Å². The molecule has 5 rings (SSSR count). The van der Waals surface area contributed by atoms with E-state index in [9.17, 15) is 4.79 Å². The van der Waals surface area contributed by atoms with Crippen molar-refractivity contribution in [1.29, 1.82) is 0 Å². The zero-order chi connectivity index (χ0) is 19.6. The molecule has 1 saturated heterocycles. The smallest absolute Gasteiger partial charge is 0.322 e. The summed E-state index contributed by atoms with van der Waals surface area (Å²) >= 11 is 0. The monoisotopic (exact) mass is 391 g/mol. The molecule has 6 nitrogen and oxygen atoms in total. The molecule has 150 valence electrons. The Bertz CT molecular complexity index is 1020. The van der Waals surface area contributed by atoms with E-state index >= 15 is 0 Å². The largest absolute Gasteiger partial charge is 0.486 e. The fraction of sp³-hybridized carbons (Fsp3) is 0.348. The Kier molecular flexibility index (Phi) is 4.86. The lowest BCUT2D eigenvalue weighted by Gasteiger charge is -2.22. The van der Waals surface area contributed by atoms with Gasteiger partial charge in [-0.25, -0.2) is 4.79 Å². The number of benzene rings is 2. The van der Waals surface area contributed by atoms with E-state index in [0.717, 1.165) is 32.5 Å². The molecule has 1 N–H and O–H groups in total. The van der Waals surface area contributed by atoms with E-state index in [2.05, 4.69) is 40.2 Å². The number of fused-ring (bicyclic) bond motifs is 3. The summed E-state index contributed by atoms with van der Waals surface area (Å²) in [6.45, 7) is 3.56. The first kappa shape index (κ1) is 18.1. The maximum atomic E-state index is 13.1. The molecule has 3 aromatic rings. The summed E-state index contributed by atoms with van der Waals surface area (Å²) in [5.41, 5.74) is 3.11. The fourth-order valence-electron chi connectivity index (χ4n) is 4.18. The molecule has 2 aromatic carbocycles. The van der Waals surface area contributed by atoms with E-state index in [1.165, 1.54) is 16.6 Å². The van der Waals surface area contributed by atoms with Gasteiger partial charge in [-0.15, -0.1) is 0 Å². The number of rotatable bonds is 3. The van der Waals surface area contributed by atoms with E-state index in [1.807, 2.05) is 29.2 Å². The predicted molar refractivity (Wildman–Crippen MR) is 112 cm³/mol. The number of nitrogens with zero attached hydrogens (tertiary/aromatic N) is 2. The highest BCUT2D eigenvalue weighted by Crippen LogP contribution is 2.28. The number of hydrogen-bond acceptors (Lipinski definition) is 3. The van der Waals surface area contributed by atoms with Crippen LogP contribution >= 0.6 is 0 Å². The highest BCUT2D eigenvalue weighted by Gasteiger charge is 2.23. The molecule has 0 spiro atoms. The van der Waals surface area contributed by atoms with Gasteiger partial charge in [-0.1, -0.05) is 30.3 Å². The molecule has 1 atom stereocenters. The quantitative estimate of drug-likeness (QED) is 0.726. The molecule has 3 heterocycles. The van der Waals surface area contributed by atoms with Crippen LogP contribution in [0, 0.1) is 0 Å². The number of amides is 2. The van der Waals surface area contributed by atoms with Crippen LogP contribution in [0.5, 0.6) is 5.75 Å². The maximum Gasteiger partial charge on any atom is 0.322 e. The van der Waals surface area contributed by atoms with Crippen molar-refractivity contribution in [1.82, 2.24) is 9.47 Å². The molecule has 0 bridgehead atoms. The third kappa shape index (κ3) is 3.68. The molecule has 6 heteroatoms. The van der Waals surface area contributed by atoms with Crippen LogP contribution in [0.4, 0.5) is 10.5 Å². The molecular formula is C23H25N3O3. The van der Waals surface area contributed by atoms with Crippen molar-refractivity contribution in [3.8, 4) is 5.75 Å². The number of urea groups is 1. The Morgan fingerprint density at radius 1 is 1.10 bits per heavy atom. The number of aryl methyl sites for hydroxylation is 1. The van der Waals surface area contributed by atoms with Crippen molar-refractivity contribution in [3.05, 3.63) is 60.3 Å². The second-order valence-corrected chi connectivity index (χ2v) is 7.65. The van der Waals surface area contributed by atoms with Gasteiger partial charge in [0, 0.05) is 30.7 Å². The SMILES string of the molecule is O=C(Nc1ccccc1OC1CCOC1)N1CCCn2c(cc3ccccc32)C1. The van der Waals surface area contributed by atoms with Gasteiger partial charge in [0.05, 0.1) is 25.4 Å². The Morgan fingerprint density at radius 3 is 2.86 bits per heavy atom. The van der Waals surface area contributed by atoms with E-state index < -0.39 is 0 Å². The number of carbonyl (C=O) groups is 1. The lowest BCUT2D eigenvalue weighted by atomic mass is 10.2. The minimum absolute atomic E-state index is 0.0435. The number of ether oxygens (including phenoxy) is 2. The van der Waals surface area contributed by atoms with Gasteiger partial charge in [-0.2, -0.15) is 0 Å². The van der Waals surface area contributed by atoms with Crippen LogP contribution < -0.4 is 10.1 Å². The summed E-state index contributed by atoms with van der Waals surface area (Å²) in [5.74, 6) is 0.695. The second-order valence-electron chi connectivity index (χ2n) is 7.65. The van der Waals surface area contributed by atoms with Gasteiger partial charge in [0.25, 0.3) is 0 Å². The second kappa shape index (κ2) is 7.79. The Morgan fingerprint density at radius 2 is 1.97 bits per heavy atom. The zero-order valence-corrected chi connectivity index (χ0v) is 16.3. The number of anilines is 1. The van der Waals surface area contributed by atoms with Crippen LogP contribution in [0.1, 0.15) is 18.5 Å². The molecular weight excluding hydrogens is 366 g/mol. The van der Waals surface area contributed by atoms with Gasteiger partial charge in [0.1, 0.15) is 11.9 Å². The molecule has 1 aromatic heterocycles. The molecule has 1 fully saturated rings. The highest BCUT2D eigenvalue weighted by molar-refractivity contribution is 5.91. The minimum Gasteiger partial charge on any atom is -0.486 e. The number of hydrogen-bond donors (Lipinski definition) is 1. The summed E-state index contributed by atoms with van der Waals surface area (Å²) in [7, 11) is 0. The number of aromatic nitrogens is 1. The first-order valence-electron chi connectivity index (χ1n) is 10.2. The molecule has 1 unspecified atom stereocenters. The summed E-state index contributed by atoms with van der Waals surface area (Å²) in [4.78, 5) is 14.9. The first-order chi connectivity index (χ1) is 14.3. The number of nitrogens with one attached hydrogen (secondary N) is 1. The number of carbonyl (C=O) groups excluding carboxylic acids is 1. The van der Waals surface area contributed by atoms with Crippen LogP contribution in [0.25, 0.3) is 10.9 Å². The summed E-state index contributed by atoms with van der Waals surface area (Å²) in [5, 5.41) is 4.28. The lowest BCUT2D eigenvalue weighted by molar-refractivity contribution is 0.142. The van der Waals surface area contributed by atoms with Crippen LogP contribution in [0.15, 0.2) is 54.6 Å². The Hall–Kier alpha value is -2.99. The fourth-order valence-corrected chi connectivity index (χ4v) is 4.18. The average molecular weight is 391 g/mol. The van der Waals surface area contributed by atoms with E-state index in [1.54, 1.807) is 0 Å². The lowest BCUT2D eigenvalue weighted by Crippen LogP contribution is -2.34. The van der Waals surface area contributed by atoms with Crippen molar-refractivity contribution in [2.45, 2.75) is 32.0 Å². The van der Waals surface area contributed by atoms with Crippen LogP contribution in [-0.4, -0.2) is 41.4 Å². The highest BCUT2D eigenvalue weighted by atomic mass is 16.5. The van der Waals surface area contributed by atoms with Gasteiger partial charge >= 0.3 is 6.03 Å². The van der Waals surface area contributed by atoms with E-state index in [0.29, 0.717) is 24.6 Å². The number of para-hydroxylation sites is 3. The van der Waals surface area contributed by atoms with E-state index in [4.69, 9.17) is 9.47 Å². The third-order valence-electron chi connectivity index (χ3n) is 5.66. The Labute approximate surface area is 170 Å². The molecule has 0 radical (unpaired) electrons. The van der Waals surface area contributed by atoms with Crippen molar-refractivity contribution in [2.75, 3.05) is 25.1 Å². The molecule has 0 saturated carbocycles. The molecule has 0 aliphatic carbocycles. The topological polar surface area (TPSA) is 55.7 Å². The van der Waals surface area contributed by atoms with E-state index in [-0.39, 0.29) is 12.1 Å². The first-order valence-corrected chi connectivity index (χ1v) is 10.2. The molecule has 2 aliphatic heterocycles. The van der Waals surface area contributed by atoms with Gasteiger partial charge in [0.15, 0.2) is 0 Å². The van der Waals surface area contributed by atoms with Crippen LogP contribution in [-0.2, 0) is 17.8 Å². The van der Waals surface area contributed by atoms with Crippen LogP contribution in [0.3, 0.4) is 0 Å². The summed E-state index contributed by atoms with van der Waals surface area (Å²) < 4.78 is 13.8. The van der Waals surface area contributed by atoms with Gasteiger partial charge in [-0.3, -0.25) is 0 Å². The van der Waals surface area contributed by atoms with Gasteiger partial charge < -0.3 is 24.3 Å². The third-order valence-corrected chi connectivity index (χ3v) is 5.66. The van der Waals surface area contributed by atoms with Crippen LogP contribution in [0.2, 0.25) is 0 Å². The van der Waals surface area contributed by atoms with Crippen molar-refractivity contribution >= 4 is 22.6 Å². The molecule has 29 heavy (non-hydrogen) atoms. The van der Waals surface area contributed by atoms with Crippen molar-refractivity contribution in [3.63, 3.8) is 0 Å². The summed E-state index contributed by atoms with van der Waals surface area (Å²) in [6, 6.07) is 18.1. The molecule has 2 aliphatic rings. The van der Waals surface area contributed by atoms with Crippen molar-refractivity contribution in [2.24, 2.45) is 0 Å². The predicted octanol–water partition coefficient (Wildman–Crippen LogP) is 4.25. The van der Waals surface area contributed by atoms with Gasteiger partial charge in [0.2, 0.25) is 0 Å². The zero-order valence-electron chi connectivity index (χ0n) is 16.3. The standard InChI is InChI=1S/C23H25N3O3/c27-23(24-20-7-2-4-9-22(20)29-19-10-13-28-16-19)25-11-5-12-26-18(15-25)14-17-6-1-3-8-21(17)26/h1-4,6-9,14,19H,5,10-13,15-16H2,(H,24,27). The van der Waals surface area contributed by atoms with Gasteiger partial charge in [-0.05, 0) is 36.1 Å². The normalized spacial score (nSPS) is 19.0. The minimum atomic E-state index is -0.0950.